The molecule has 5 heterocycles. The number of likely N-dealkylation sites (tertiary alicyclic amines) is 1. The Morgan fingerprint density at radius 1 is 0.956 bits per heavy atom. The maximum atomic E-state index is 14.1. The summed E-state index contributed by atoms with van der Waals surface area (Å²) < 4.78 is 18.4. The van der Waals surface area contributed by atoms with E-state index in [9.17, 15) is 19.5 Å². The normalized spacial score (nSPS) is 16.3. The van der Waals surface area contributed by atoms with Gasteiger partial charge in [-0.25, -0.2) is 4.98 Å². The van der Waals surface area contributed by atoms with Gasteiger partial charge in [-0.1, -0.05) is 63.2 Å². The van der Waals surface area contributed by atoms with Gasteiger partial charge in [0.05, 0.1) is 46.2 Å². The first-order valence-corrected chi connectivity index (χ1v) is 23.5. The molecule has 5 N–H and O–H groups in total. The van der Waals surface area contributed by atoms with Gasteiger partial charge < -0.3 is 40.6 Å². The number of methoxy groups -OCH3 is 1. The number of ether oxygens (including phenoxy) is 3. The number of pyridine rings is 1. The molecule has 1 unspecified atom stereocenters. The summed E-state index contributed by atoms with van der Waals surface area (Å²) in [6.45, 7) is 11.5. The standard InChI is InChI=1S/C50H60N10O7S/c1-30(33-14-16-34(17-15-33)45-31(2)53-28-68-45)55-48(63)42-21-38(61)26-59(42)49(64)46(50(4,5)6)56-44(62)27-66-20-10-11-37-19-18-35(23-52-37)32(3)60-25-36(24-54-60)40-22-41(57-58-47(40)51)39-12-8-9-13-43(39)67-29-65-7/h8-9,12-19,22-25,28,30,32,38,42,46,61H,10-11,20-21,26-27,29H2,1-7H3,(H2,51,58)(H,55,63)(H,56,62)/t30-,32?,38+,42-,46+/m0/s1. The van der Waals surface area contributed by atoms with Gasteiger partial charge in [0.1, 0.15) is 24.4 Å². The lowest BCUT2D eigenvalue weighted by atomic mass is 9.85. The largest absolute Gasteiger partial charge is 0.467 e. The van der Waals surface area contributed by atoms with Crippen molar-refractivity contribution in [2.24, 2.45) is 5.41 Å². The lowest BCUT2D eigenvalue weighted by Crippen LogP contribution is -2.58. The Labute approximate surface area is 400 Å². The third-order valence-electron chi connectivity index (χ3n) is 12.0. The fourth-order valence-electron chi connectivity index (χ4n) is 8.10. The smallest absolute Gasteiger partial charge is 0.246 e. The topological polar surface area (TPSA) is 222 Å². The Balaban J connectivity index is 0.877. The second-order valence-electron chi connectivity index (χ2n) is 18.1. The van der Waals surface area contributed by atoms with Crippen LogP contribution in [0.3, 0.4) is 0 Å². The Hall–Kier alpha value is -6.60. The first-order valence-electron chi connectivity index (χ1n) is 22.6. The van der Waals surface area contributed by atoms with Crippen molar-refractivity contribution < 1.29 is 33.7 Å². The van der Waals surface area contributed by atoms with Gasteiger partial charge in [-0.3, -0.25) is 24.0 Å². The van der Waals surface area contributed by atoms with E-state index in [2.05, 4.69) is 35.9 Å². The van der Waals surface area contributed by atoms with E-state index in [4.69, 9.17) is 19.9 Å². The molecule has 1 aliphatic heterocycles. The molecule has 0 aliphatic carbocycles. The van der Waals surface area contributed by atoms with Gasteiger partial charge in [0, 0.05) is 61.5 Å². The van der Waals surface area contributed by atoms with E-state index in [1.165, 1.54) is 4.90 Å². The number of hydrogen-bond acceptors (Lipinski definition) is 14. The predicted molar refractivity (Wildman–Crippen MR) is 259 cm³/mol. The van der Waals surface area contributed by atoms with E-state index in [0.29, 0.717) is 36.5 Å². The van der Waals surface area contributed by atoms with Crippen molar-refractivity contribution in [2.45, 2.75) is 91.1 Å². The molecule has 1 aliphatic rings. The first-order chi connectivity index (χ1) is 32.6. The zero-order valence-corrected chi connectivity index (χ0v) is 40.3. The number of hydrogen-bond donors (Lipinski definition) is 4. The molecule has 0 bridgehead atoms. The van der Waals surface area contributed by atoms with Crippen molar-refractivity contribution in [3.05, 3.63) is 113 Å². The number of carbonyl (C=O) groups is 3. The number of nitrogens with zero attached hydrogens (tertiary/aromatic N) is 7. The third kappa shape index (κ3) is 11.9. The third-order valence-corrected chi connectivity index (χ3v) is 12.9. The van der Waals surface area contributed by atoms with Crippen LogP contribution in [0.25, 0.3) is 32.8 Å². The molecule has 5 atom stereocenters. The van der Waals surface area contributed by atoms with Gasteiger partial charge in [0.2, 0.25) is 17.7 Å². The number of aryl methyl sites for hydroxylation is 2. The maximum absolute atomic E-state index is 14.1. The highest BCUT2D eigenvalue weighted by molar-refractivity contribution is 7.13. The van der Waals surface area contributed by atoms with Crippen LogP contribution in [0.4, 0.5) is 5.82 Å². The van der Waals surface area contributed by atoms with Crippen LogP contribution in [0.1, 0.15) is 82.1 Å². The summed E-state index contributed by atoms with van der Waals surface area (Å²) in [4.78, 5) is 52.5. The number of thiazole rings is 1. The van der Waals surface area contributed by atoms with Crippen molar-refractivity contribution in [3.8, 4) is 38.6 Å². The molecular weight excluding hydrogens is 885 g/mol. The van der Waals surface area contributed by atoms with E-state index < -0.39 is 35.4 Å². The number of amides is 3. The van der Waals surface area contributed by atoms with Crippen LogP contribution in [0, 0.1) is 12.3 Å². The Kier molecular flexibility index (Phi) is 16.0. The molecule has 0 radical (unpaired) electrons. The van der Waals surface area contributed by atoms with Crippen LogP contribution in [0.2, 0.25) is 0 Å². The van der Waals surface area contributed by atoms with Gasteiger partial charge in [-0.2, -0.15) is 5.10 Å². The highest BCUT2D eigenvalue weighted by atomic mass is 32.1. The minimum absolute atomic E-state index is 0.0186. The van der Waals surface area contributed by atoms with E-state index >= 15 is 0 Å². The average molecular weight is 945 g/mol. The number of aliphatic hydroxyl groups is 1. The molecule has 0 saturated carbocycles. The summed E-state index contributed by atoms with van der Waals surface area (Å²) >= 11 is 1.57. The van der Waals surface area contributed by atoms with Crippen LogP contribution in [0.5, 0.6) is 5.75 Å². The van der Waals surface area contributed by atoms with Gasteiger partial charge in [-0.05, 0) is 80.0 Å². The van der Waals surface area contributed by atoms with Gasteiger partial charge in [-0.15, -0.1) is 21.5 Å². The minimum atomic E-state index is -0.966. The molecule has 18 heteroatoms. The fourth-order valence-corrected chi connectivity index (χ4v) is 8.91. The summed E-state index contributed by atoms with van der Waals surface area (Å²) in [7, 11) is 1.56. The zero-order valence-electron chi connectivity index (χ0n) is 39.5. The van der Waals surface area contributed by atoms with Crippen molar-refractivity contribution >= 4 is 34.9 Å². The number of carbonyl (C=O) groups excluding carboxylic acids is 3. The number of nitrogens with two attached hydrogens (primary N) is 1. The quantitative estimate of drug-likeness (QED) is 0.0516. The summed E-state index contributed by atoms with van der Waals surface area (Å²) in [5.74, 6) is -0.372. The van der Waals surface area contributed by atoms with Crippen LogP contribution in [-0.2, 0) is 30.3 Å². The maximum Gasteiger partial charge on any atom is 0.246 e. The highest BCUT2D eigenvalue weighted by Gasteiger charge is 2.44. The molecule has 0 spiro atoms. The Bertz CT molecular complexity index is 2670. The molecule has 7 rings (SSSR count). The molecule has 358 valence electrons. The van der Waals surface area contributed by atoms with Gasteiger partial charge in [0.25, 0.3) is 0 Å². The number of anilines is 1. The van der Waals surface area contributed by atoms with Crippen LogP contribution in [0.15, 0.2) is 90.8 Å². The van der Waals surface area contributed by atoms with Crippen LogP contribution < -0.4 is 21.1 Å². The summed E-state index contributed by atoms with van der Waals surface area (Å²) in [6.07, 6.45) is 5.94. The fraction of sp³-hybridized carbons (Fsp3) is 0.400. The van der Waals surface area contributed by atoms with Crippen LogP contribution >= 0.6 is 11.3 Å². The second-order valence-corrected chi connectivity index (χ2v) is 18.9. The number of rotatable bonds is 19. The number of para-hydroxylation sites is 1. The molecule has 6 aromatic rings. The number of nitrogen functional groups attached to an aromatic ring is 1. The van der Waals surface area contributed by atoms with Crippen molar-refractivity contribution in [2.75, 3.05) is 39.4 Å². The lowest BCUT2D eigenvalue weighted by Gasteiger charge is -2.35. The number of aliphatic hydroxyl groups excluding tert-OH is 1. The second kappa shape index (κ2) is 22.0. The molecule has 68 heavy (non-hydrogen) atoms. The minimum Gasteiger partial charge on any atom is -0.467 e. The lowest BCUT2D eigenvalue weighted by molar-refractivity contribution is -0.144. The average Bonchev–Trinajstić information content (AvgIpc) is 4.10. The zero-order chi connectivity index (χ0) is 48.5. The molecule has 4 aromatic heterocycles. The molecular formula is C50H60N10O7S. The van der Waals surface area contributed by atoms with E-state index in [0.717, 1.165) is 44.1 Å². The highest BCUT2D eigenvalue weighted by Crippen LogP contribution is 2.34. The summed E-state index contributed by atoms with van der Waals surface area (Å²) in [5, 5.41) is 29.7. The van der Waals surface area contributed by atoms with Gasteiger partial charge >= 0.3 is 0 Å². The van der Waals surface area contributed by atoms with Crippen LogP contribution in [-0.4, -0.2) is 110 Å². The van der Waals surface area contributed by atoms with E-state index in [-0.39, 0.29) is 50.2 Å². The molecule has 17 nitrogen and oxygen atoms in total. The van der Waals surface area contributed by atoms with Crippen molar-refractivity contribution in [1.82, 2.24) is 45.5 Å². The summed E-state index contributed by atoms with van der Waals surface area (Å²) in [5.41, 5.74) is 15.0. The van der Waals surface area contributed by atoms with Crippen molar-refractivity contribution in [3.63, 3.8) is 0 Å². The first kappa shape index (κ1) is 49.3. The molecule has 1 fully saturated rings. The molecule has 2 aromatic carbocycles. The SMILES string of the molecule is COCOc1ccccc1-c1cc(-c2cnn(C(C)c3ccc(CCCOCC(=O)N[C@H](C(=O)N4C[C@H](O)C[C@H]4C(=O)N[C@@H](C)c4ccc(-c5scnc5C)cc4)C(C)(C)C)nc3)c2)c(N)nn1. The number of β-amino-alcohol motifs (C(OH)–C–C–N with tert-alkyl or cyclic N) is 1. The number of aromatic nitrogens is 6. The molecule has 3 amide bonds. The van der Waals surface area contributed by atoms with Gasteiger partial charge in [0.15, 0.2) is 12.6 Å². The van der Waals surface area contributed by atoms with E-state index in [1.54, 1.807) is 24.6 Å². The summed E-state index contributed by atoms with van der Waals surface area (Å²) in [6, 6.07) is 19.0. The monoisotopic (exact) mass is 944 g/mol. The Morgan fingerprint density at radius 3 is 2.43 bits per heavy atom. The number of nitrogens with one attached hydrogen (secondary N) is 2. The molecule has 1 saturated heterocycles. The van der Waals surface area contributed by atoms with E-state index in [1.807, 2.05) is 131 Å². The number of benzene rings is 2. The Morgan fingerprint density at radius 2 is 1.72 bits per heavy atom. The predicted octanol–water partition coefficient (Wildman–Crippen LogP) is 6.33. The van der Waals surface area contributed by atoms with Crippen molar-refractivity contribution in [1.29, 1.82) is 0 Å².